The van der Waals surface area contributed by atoms with Gasteiger partial charge in [0.25, 0.3) is 11.8 Å². The molecule has 1 aromatic heterocycles. The van der Waals surface area contributed by atoms with Crippen LogP contribution in [0, 0.1) is 0 Å². The molecule has 10 nitrogen and oxygen atoms in total. The van der Waals surface area contributed by atoms with Crippen molar-refractivity contribution in [1.82, 2.24) is 15.1 Å². The number of hydrogen-bond acceptors (Lipinski definition) is 7. The summed E-state index contributed by atoms with van der Waals surface area (Å²) in [4.78, 5) is 51.6. The molecule has 2 heterocycles. The van der Waals surface area contributed by atoms with Crippen molar-refractivity contribution >= 4 is 17.8 Å². The maximum absolute atomic E-state index is 12.9. The Morgan fingerprint density at radius 1 is 1.06 bits per heavy atom. The van der Waals surface area contributed by atoms with Crippen molar-refractivity contribution in [1.29, 1.82) is 0 Å². The topological polar surface area (TPSA) is 129 Å². The number of hydrogen-bond donors (Lipinski definition) is 2. The molecule has 3 rings (SSSR count). The summed E-state index contributed by atoms with van der Waals surface area (Å²) < 4.78 is 10.6. The van der Waals surface area contributed by atoms with E-state index in [2.05, 4.69) is 5.32 Å². The molecule has 0 saturated carbocycles. The summed E-state index contributed by atoms with van der Waals surface area (Å²) in [7, 11) is 1.59. The molecular formula is C23H27N3O7. The van der Waals surface area contributed by atoms with Crippen LogP contribution in [0.4, 0.5) is 0 Å². The first-order chi connectivity index (χ1) is 15.9. The quantitative estimate of drug-likeness (QED) is 0.597. The third kappa shape index (κ3) is 6.91. The van der Waals surface area contributed by atoms with Gasteiger partial charge in [-0.1, -0.05) is 12.1 Å². The first kappa shape index (κ1) is 24.0. The van der Waals surface area contributed by atoms with E-state index in [-0.39, 0.29) is 18.1 Å². The number of rotatable bonds is 8. The van der Waals surface area contributed by atoms with Crippen LogP contribution in [0.2, 0.25) is 0 Å². The van der Waals surface area contributed by atoms with E-state index in [9.17, 15) is 19.2 Å². The monoisotopic (exact) mass is 457 g/mol. The summed E-state index contributed by atoms with van der Waals surface area (Å²) in [6.45, 7) is 1.87. The van der Waals surface area contributed by atoms with Crippen LogP contribution in [0.25, 0.3) is 0 Å². The number of carbonyl (C=O) groups excluding carboxylic acids is 2. The molecule has 0 atom stereocenters. The third-order valence-corrected chi connectivity index (χ3v) is 5.29. The van der Waals surface area contributed by atoms with Gasteiger partial charge < -0.3 is 24.5 Å². The molecule has 0 spiro atoms. The maximum Gasteiger partial charge on any atom is 0.317 e. The van der Waals surface area contributed by atoms with Gasteiger partial charge in [0.15, 0.2) is 16.9 Å². The lowest BCUT2D eigenvalue weighted by Gasteiger charge is -2.20. The Hall–Kier alpha value is -3.66. The van der Waals surface area contributed by atoms with Crippen molar-refractivity contribution in [2.24, 2.45) is 0 Å². The standard InChI is InChI=1S/C23H27N3O7/c1-32-18-5-3-16(4-6-18)7-8-24-22(30)19-13-17(27)14-20(33-19)23(31)26-10-2-9-25(11-12-26)15-21(28)29/h3-6,13-14H,2,7-12,15H2,1H3,(H,24,30)(H,28,29). The lowest BCUT2D eigenvalue weighted by Crippen LogP contribution is -2.37. The van der Waals surface area contributed by atoms with Crippen LogP contribution in [0.5, 0.6) is 5.75 Å². The second-order valence-corrected chi connectivity index (χ2v) is 7.69. The van der Waals surface area contributed by atoms with E-state index in [1.807, 2.05) is 24.3 Å². The molecule has 1 fully saturated rings. The molecule has 1 aromatic carbocycles. The van der Waals surface area contributed by atoms with Crippen LogP contribution in [-0.4, -0.2) is 79.1 Å². The molecule has 1 aliphatic heterocycles. The Balaban J connectivity index is 1.60. The number of aliphatic carboxylic acids is 1. The summed E-state index contributed by atoms with van der Waals surface area (Å²) in [5.41, 5.74) is 0.492. The lowest BCUT2D eigenvalue weighted by atomic mass is 10.1. The highest BCUT2D eigenvalue weighted by Crippen LogP contribution is 2.12. The molecule has 0 aliphatic carbocycles. The van der Waals surface area contributed by atoms with E-state index in [0.29, 0.717) is 45.6 Å². The van der Waals surface area contributed by atoms with Crippen molar-refractivity contribution in [3.63, 3.8) is 0 Å². The molecule has 0 unspecified atom stereocenters. The SMILES string of the molecule is COc1ccc(CCNC(=O)c2cc(=O)cc(C(=O)N3CCCN(CC(=O)O)CC3)o2)cc1. The highest BCUT2D eigenvalue weighted by atomic mass is 16.5. The molecule has 10 heteroatoms. The minimum atomic E-state index is -0.925. The van der Waals surface area contributed by atoms with Crippen LogP contribution < -0.4 is 15.5 Å². The predicted octanol–water partition coefficient (Wildman–Crippen LogP) is 0.853. The molecule has 0 bridgehead atoms. The molecule has 1 saturated heterocycles. The third-order valence-electron chi connectivity index (χ3n) is 5.29. The van der Waals surface area contributed by atoms with Crippen LogP contribution in [0.15, 0.2) is 45.6 Å². The Morgan fingerprint density at radius 2 is 1.79 bits per heavy atom. The molecule has 2 amide bonds. The van der Waals surface area contributed by atoms with Gasteiger partial charge in [-0.3, -0.25) is 24.1 Å². The van der Waals surface area contributed by atoms with Crippen LogP contribution >= 0.6 is 0 Å². The minimum Gasteiger partial charge on any atom is -0.497 e. The zero-order valence-corrected chi connectivity index (χ0v) is 18.4. The van der Waals surface area contributed by atoms with E-state index >= 15 is 0 Å². The fourth-order valence-corrected chi connectivity index (χ4v) is 3.57. The van der Waals surface area contributed by atoms with Crippen LogP contribution in [0.1, 0.15) is 33.1 Å². The number of benzene rings is 1. The van der Waals surface area contributed by atoms with Crippen LogP contribution in [-0.2, 0) is 11.2 Å². The van der Waals surface area contributed by atoms with Crippen molar-refractivity contribution in [2.75, 3.05) is 46.4 Å². The smallest absolute Gasteiger partial charge is 0.317 e. The van der Waals surface area contributed by atoms with Gasteiger partial charge in [0.2, 0.25) is 0 Å². The first-order valence-electron chi connectivity index (χ1n) is 10.7. The molecule has 1 aliphatic rings. The number of nitrogens with one attached hydrogen (secondary N) is 1. The number of methoxy groups -OCH3 is 1. The second kappa shape index (κ2) is 11.3. The lowest BCUT2D eigenvalue weighted by molar-refractivity contribution is -0.138. The van der Waals surface area contributed by atoms with Gasteiger partial charge in [-0.2, -0.15) is 0 Å². The number of amides is 2. The van der Waals surface area contributed by atoms with E-state index < -0.39 is 23.2 Å². The molecule has 2 N–H and O–H groups in total. The van der Waals surface area contributed by atoms with E-state index in [1.54, 1.807) is 12.0 Å². The Kier molecular flexibility index (Phi) is 8.20. The van der Waals surface area contributed by atoms with E-state index in [1.165, 1.54) is 4.90 Å². The van der Waals surface area contributed by atoms with Crippen molar-refractivity contribution in [3.8, 4) is 5.75 Å². The molecular weight excluding hydrogens is 430 g/mol. The van der Waals surface area contributed by atoms with Gasteiger partial charge in [0.1, 0.15) is 5.75 Å². The van der Waals surface area contributed by atoms with Gasteiger partial charge in [-0.25, -0.2) is 0 Å². The second-order valence-electron chi connectivity index (χ2n) is 7.69. The van der Waals surface area contributed by atoms with Gasteiger partial charge in [0.05, 0.1) is 13.7 Å². The number of ether oxygens (including phenoxy) is 1. The minimum absolute atomic E-state index is 0.0940. The molecule has 176 valence electrons. The Bertz CT molecular complexity index is 1050. The van der Waals surface area contributed by atoms with E-state index in [4.69, 9.17) is 14.3 Å². The first-order valence-corrected chi connectivity index (χ1v) is 10.7. The zero-order chi connectivity index (χ0) is 23.8. The largest absolute Gasteiger partial charge is 0.497 e. The number of carboxylic acid groups (broad SMARTS) is 1. The summed E-state index contributed by atoms with van der Waals surface area (Å²) in [5.74, 6) is -1.72. The average Bonchev–Trinajstić information content (AvgIpc) is 3.03. The van der Waals surface area contributed by atoms with Gasteiger partial charge in [0, 0.05) is 44.9 Å². The fraction of sp³-hybridized carbons (Fsp3) is 0.391. The molecule has 2 aromatic rings. The summed E-state index contributed by atoms with van der Waals surface area (Å²) in [5, 5.41) is 11.6. The fourth-order valence-electron chi connectivity index (χ4n) is 3.57. The van der Waals surface area contributed by atoms with Gasteiger partial charge in [-0.15, -0.1) is 0 Å². The highest BCUT2D eigenvalue weighted by Gasteiger charge is 2.24. The Morgan fingerprint density at radius 3 is 2.48 bits per heavy atom. The summed E-state index contributed by atoms with van der Waals surface area (Å²) in [6.07, 6.45) is 1.16. The number of carboxylic acids is 1. The van der Waals surface area contributed by atoms with Crippen molar-refractivity contribution < 1.29 is 28.6 Å². The van der Waals surface area contributed by atoms with Crippen molar-refractivity contribution in [3.05, 3.63) is 63.7 Å². The number of carbonyl (C=O) groups is 3. The normalized spacial score (nSPS) is 14.4. The predicted molar refractivity (Wildman–Crippen MR) is 119 cm³/mol. The van der Waals surface area contributed by atoms with Crippen molar-refractivity contribution in [2.45, 2.75) is 12.8 Å². The summed E-state index contributed by atoms with van der Waals surface area (Å²) in [6, 6.07) is 9.56. The number of nitrogens with zero attached hydrogens (tertiary/aromatic N) is 2. The highest BCUT2D eigenvalue weighted by molar-refractivity contribution is 5.94. The van der Waals surface area contributed by atoms with Gasteiger partial charge in [-0.05, 0) is 30.5 Å². The van der Waals surface area contributed by atoms with Gasteiger partial charge >= 0.3 is 5.97 Å². The van der Waals surface area contributed by atoms with Crippen LogP contribution in [0.3, 0.4) is 0 Å². The molecule has 33 heavy (non-hydrogen) atoms. The average molecular weight is 457 g/mol. The van der Waals surface area contributed by atoms with E-state index in [0.717, 1.165) is 23.4 Å². The maximum atomic E-state index is 12.9. The summed E-state index contributed by atoms with van der Waals surface area (Å²) >= 11 is 0. The zero-order valence-electron chi connectivity index (χ0n) is 18.4. The Labute approximate surface area is 190 Å². The molecule has 0 radical (unpaired) electrons.